The van der Waals surface area contributed by atoms with Crippen LogP contribution in [-0.4, -0.2) is 41.2 Å². The topological polar surface area (TPSA) is 93.1 Å². The van der Waals surface area contributed by atoms with Gasteiger partial charge in [-0.15, -0.1) is 0 Å². The van der Waals surface area contributed by atoms with Crippen LogP contribution in [0.1, 0.15) is 307 Å². The number of unbranched alkanes of at least 4 members (excludes halogenated alkanes) is 26. The van der Waals surface area contributed by atoms with Crippen molar-refractivity contribution < 1.29 is 29.3 Å². The maximum atomic E-state index is 12.3. The van der Waals surface area contributed by atoms with Crippen molar-refractivity contribution in [1.29, 1.82) is 0 Å². The monoisotopic (exact) mass is 831 g/mol. The van der Waals surface area contributed by atoms with Crippen molar-refractivity contribution in [3.63, 3.8) is 0 Å². The molecule has 0 rings (SSSR count). The average molecular weight is 831 g/mol. The number of aliphatic hydroxyl groups excluding tert-OH is 1. The molecule has 0 fully saturated rings. The summed E-state index contributed by atoms with van der Waals surface area (Å²) in [6.45, 7) is 21.8. The highest BCUT2D eigenvalue weighted by Gasteiger charge is 2.14. The molecule has 6 heteroatoms. The van der Waals surface area contributed by atoms with Gasteiger partial charge < -0.3 is 19.7 Å². The molecule has 0 atom stereocenters. The molecule has 0 aromatic carbocycles. The van der Waals surface area contributed by atoms with Gasteiger partial charge in [0.05, 0.1) is 6.61 Å². The lowest BCUT2D eigenvalue weighted by Gasteiger charge is -2.18. The Morgan fingerprint density at radius 3 is 0.966 bits per heavy atom. The summed E-state index contributed by atoms with van der Waals surface area (Å²) in [7, 11) is 0. The van der Waals surface area contributed by atoms with Crippen LogP contribution in [0.25, 0.3) is 0 Å². The first-order valence-corrected chi connectivity index (χ1v) is 26.0. The Labute approximate surface area is 366 Å². The fourth-order valence-corrected chi connectivity index (χ4v) is 6.49. The Bertz CT molecular complexity index is 681. The molecule has 0 aromatic heterocycles. The second-order valence-electron chi connectivity index (χ2n) is 15.9. The van der Waals surface area contributed by atoms with Gasteiger partial charge >= 0.3 is 11.9 Å². The summed E-state index contributed by atoms with van der Waals surface area (Å²) in [5.41, 5.74) is 0. The Hall–Kier alpha value is -1.14. The van der Waals surface area contributed by atoms with E-state index in [1.54, 1.807) is 0 Å². The van der Waals surface area contributed by atoms with Crippen LogP contribution in [0.4, 0.5) is 0 Å². The summed E-state index contributed by atoms with van der Waals surface area (Å²) in [6, 6.07) is 0. The Balaban J connectivity index is -0.000000271. The summed E-state index contributed by atoms with van der Waals surface area (Å²) in [6.07, 6.45) is 43.1. The van der Waals surface area contributed by atoms with E-state index in [0.29, 0.717) is 25.9 Å². The maximum absolute atomic E-state index is 12.3. The molecular formula is C52H110O6. The van der Waals surface area contributed by atoms with Crippen molar-refractivity contribution in [2.24, 2.45) is 0 Å². The first-order valence-electron chi connectivity index (χ1n) is 26.0. The van der Waals surface area contributed by atoms with E-state index in [0.717, 1.165) is 38.5 Å². The van der Waals surface area contributed by atoms with Gasteiger partial charge in [-0.05, 0) is 51.4 Å². The van der Waals surface area contributed by atoms with Gasteiger partial charge in [-0.1, -0.05) is 243 Å². The van der Waals surface area contributed by atoms with Gasteiger partial charge in [0.2, 0.25) is 0 Å². The van der Waals surface area contributed by atoms with E-state index in [-0.39, 0.29) is 18.0 Å². The predicted molar refractivity (Wildman–Crippen MR) is 257 cm³/mol. The fourth-order valence-electron chi connectivity index (χ4n) is 6.49. The Kier molecular flexibility index (Phi) is 73.9. The lowest BCUT2D eigenvalue weighted by atomic mass is 10.0. The second kappa shape index (κ2) is 65.0. The van der Waals surface area contributed by atoms with Crippen LogP contribution in [0.2, 0.25) is 0 Å². The number of hydrogen-bond donors (Lipinski definition) is 2. The number of ether oxygens (including phenoxy) is 2. The minimum absolute atomic E-state index is 0.00599. The Morgan fingerprint density at radius 1 is 0.362 bits per heavy atom. The van der Waals surface area contributed by atoms with E-state index in [2.05, 4.69) is 34.6 Å². The largest absolute Gasteiger partial charge is 0.466 e. The number of carbonyl (C=O) groups excluding carboxylic acids is 2. The fraction of sp³-hybridized carbons (Fsp3) is 0.962. The first kappa shape index (κ1) is 66.0. The van der Waals surface area contributed by atoms with E-state index in [1.165, 1.54) is 180 Å². The normalized spacial score (nSPS) is 10.4. The molecule has 0 spiro atoms. The van der Waals surface area contributed by atoms with Crippen LogP contribution >= 0.6 is 0 Å². The number of carbonyl (C=O) groups is 2. The van der Waals surface area contributed by atoms with E-state index >= 15 is 0 Å². The maximum Gasteiger partial charge on any atom is 0.306 e. The standard InChI is InChI=1S/C26H52O2.C18H36O2.C4H10O2.2C2H6/c1-4-7-10-13-16-19-22-25(23-20-17-14-11-8-5-2)28-26(27)24-21-18-15-12-9-6-3;1-3-5-7-9-11-13-15-17-20-18(19)16-14-12-10-8-6-4-2;1-2-3-4(5)6;2*1-2/h25H,4-24H2,1-3H3;3-17H2,1-2H3;4-6H,2-3H2,1H3;2*1-2H3. The van der Waals surface area contributed by atoms with Crippen LogP contribution in [0.15, 0.2) is 0 Å². The van der Waals surface area contributed by atoms with Crippen LogP contribution in [0.5, 0.6) is 0 Å². The van der Waals surface area contributed by atoms with Crippen LogP contribution in [-0.2, 0) is 19.1 Å². The molecule has 0 aliphatic heterocycles. The molecule has 0 amide bonds. The van der Waals surface area contributed by atoms with Crippen molar-refractivity contribution in [1.82, 2.24) is 0 Å². The Morgan fingerprint density at radius 2 is 0.655 bits per heavy atom. The van der Waals surface area contributed by atoms with Crippen molar-refractivity contribution in [3.8, 4) is 0 Å². The molecule has 0 heterocycles. The quantitative estimate of drug-likeness (QED) is 0.0364. The average Bonchev–Trinajstić information content (AvgIpc) is 3.23. The minimum atomic E-state index is -1.10. The second-order valence-corrected chi connectivity index (χ2v) is 15.9. The van der Waals surface area contributed by atoms with Crippen LogP contribution < -0.4 is 0 Å². The van der Waals surface area contributed by atoms with Gasteiger partial charge in [0.15, 0.2) is 6.29 Å². The number of hydrogen-bond acceptors (Lipinski definition) is 6. The van der Waals surface area contributed by atoms with Gasteiger partial charge in [0, 0.05) is 12.8 Å². The summed E-state index contributed by atoms with van der Waals surface area (Å²) in [5, 5.41) is 16.2. The van der Waals surface area contributed by atoms with Gasteiger partial charge in [0.1, 0.15) is 6.10 Å². The highest BCUT2D eigenvalue weighted by atomic mass is 16.5. The van der Waals surface area contributed by atoms with Crippen molar-refractivity contribution in [3.05, 3.63) is 0 Å². The van der Waals surface area contributed by atoms with Crippen LogP contribution in [0, 0.1) is 0 Å². The summed E-state index contributed by atoms with van der Waals surface area (Å²) in [4.78, 5) is 23.8. The molecule has 58 heavy (non-hydrogen) atoms. The molecule has 2 N–H and O–H groups in total. The first-order chi connectivity index (χ1) is 28.3. The molecule has 0 radical (unpaired) electrons. The number of aliphatic hydroxyl groups is 2. The number of esters is 2. The third-order valence-electron chi connectivity index (χ3n) is 10.1. The molecule has 0 aliphatic carbocycles. The van der Waals surface area contributed by atoms with E-state index in [4.69, 9.17) is 19.7 Å². The molecule has 354 valence electrons. The summed E-state index contributed by atoms with van der Waals surface area (Å²) in [5.74, 6) is 0.0592. The smallest absolute Gasteiger partial charge is 0.306 e. The lowest BCUT2D eigenvalue weighted by Crippen LogP contribution is -2.18. The molecular weight excluding hydrogens is 721 g/mol. The van der Waals surface area contributed by atoms with Crippen molar-refractivity contribution >= 4 is 11.9 Å². The van der Waals surface area contributed by atoms with E-state index in [1.807, 2.05) is 34.6 Å². The van der Waals surface area contributed by atoms with Crippen LogP contribution in [0.3, 0.4) is 0 Å². The summed E-state index contributed by atoms with van der Waals surface area (Å²) >= 11 is 0. The lowest BCUT2D eigenvalue weighted by molar-refractivity contribution is -0.150. The molecule has 0 unspecified atom stereocenters. The van der Waals surface area contributed by atoms with Gasteiger partial charge in [0.25, 0.3) is 0 Å². The molecule has 0 aromatic rings. The van der Waals surface area contributed by atoms with Crippen molar-refractivity contribution in [2.45, 2.75) is 319 Å². The zero-order valence-electron chi connectivity index (χ0n) is 41.6. The SMILES string of the molecule is CC.CC.CCCC(O)O.CCCCCCCCC(=O)OC(CCCCCCCC)CCCCCCCC.CCCCCCCCCOC(=O)CCCCCCCC. The molecule has 0 aliphatic rings. The van der Waals surface area contributed by atoms with Crippen molar-refractivity contribution in [2.75, 3.05) is 6.61 Å². The highest BCUT2D eigenvalue weighted by Crippen LogP contribution is 2.18. The molecule has 0 saturated carbocycles. The van der Waals surface area contributed by atoms with E-state index in [9.17, 15) is 9.59 Å². The third-order valence-corrected chi connectivity index (χ3v) is 10.1. The van der Waals surface area contributed by atoms with E-state index < -0.39 is 6.29 Å². The van der Waals surface area contributed by atoms with Gasteiger partial charge in [-0.25, -0.2) is 0 Å². The summed E-state index contributed by atoms with van der Waals surface area (Å²) < 4.78 is 11.2. The molecule has 0 saturated heterocycles. The highest BCUT2D eigenvalue weighted by molar-refractivity contribution is 5.69. The van der Waals surface area contributed by atoms with Gasteiger partial charge in [-0.2, -0.15) is 0 Å². The number of rotatable bonds is 39. The van der Waals surface area contributed by atoms with Gasteiger partial charge in [-0.3, -0.25) is 9.59 Å². The zero-order chi connectivity index (χ0) is 44.6. The predicted octanol–water partition coefficient (Wildman–Crippen LogP) is 17.3. The molecule has 6 nitrogen and oxygen atoms in total. The minimum Gasteiger partial charge on any atom is -0.466 e. The zero-order valence-corrected chi connectivity index (χ0v) is 41.6. The molecule has 0 bridgehead atoms. The third kappa shape index (κ3) is 69.5.